The first-order valence-electron chi connectivity index (χ1n) is 6.69. The summed E-state index contributed by atoms with van der Waals surface area (Å²) in [6, 6.07) is 11.7. The molecule has 3 aromatic rings. The van der Waals surface area contributed by atoms with E-state index in [1.807, 2.05) is 6.07 Å². The Morgan fingerprint density at radius 3 is 2.71 bits per heavy atom. The molecule has 0 spiro atoms. The molecule has 0 fully saturated rings. The van der Waals surface area contributed by atoms with Gasteiger partial charge in [0, 0.05) is 22.8 Å². The lowest BCUT2D eigenvalue weighted by Gasteiger charge is -2.16. The van der Waals surface area contributed by atoms with Crippen LogP contribution in [-0.2, 0) is 0 Å². The van der Waals surface area contributed by atoms with Crippen molar-refractivity contribution in [3.05, 3.63) is 60.0 Å². The highest BCUT2D eigenvalue weighted by molar-refractivity contribution is 6.02. The highest BCUT2D eigenvalue weighted by atomic mass is 19.1. The standard InChI is InChI=1S/C17H15FN2O/c1-10(21)14-9-15(19)13-6-3-7-20-17(13)16(14)11-4-2-5-12(18)8-11/h2-10,21H,19H2,1H3. The molecule has 4 heteroatoms. The zero-order chi connectivity index (χ0) is 15.0. The van der Waals surface area contributed by atoms with Crippen molar-refractivity contribution < 1.29 is 9.50 Å². The number of nitrogen functional groups attached to an aromatic ring is 1. The molecular weight excluding hydrogens is 267 g/mol. The lowest BCUT2D eigenvalue weighted by atomic mass is 9.92. The average Bonchev–Trinajstić information content (AvgIpc) is 2.47. The second kappa shape index (κ2) is 5.14. The molecule has 1 heterocycles. The van der Waals surface area contributed by atoms with E-state index in [-0.39, 0.29) is 5.82 Å². The van der Waals surface area contributed by atoms with Gasteiger partial charge in [-0.05, 0) is 48.4 Å². The van der Waals surface area contributed by atoms with Gasteiger partial charge in [0.15, 0.2) is 0 Å². The van der Waals surface area contributed by atoms with E-state index in [4.69, 9.17) is 5.73 Å². The van der Waals surface area contributed by atoms with Crippen LogP contribution in [0.3, 0.4) is 0 Å². The molecular formula is C17H15FN2O. The maximum absolute atomic E-state index is 13.6. The van der Waals surface area contributed by atoms with Crippen molar-refractivity contribution in [1.29, 1.82) is 0 Å². The number of pyridine rings is 1. The maximum Gasteiger partial charge on any atom is 0.123 e. The van der Waals surface area contributed by atoms with Crippen molar-refractivity contribution in [2.75, 3.05) is 5.73 Å². The molecule has 0 aliphatic rings. The van der Waals surface area contributed by atoms with Crippen LogP contribution in [-0.4, -0.2) is 10.1 Å². The fourth-order valence-electron chi connectivity index (χ4n) is 2.57. The van der Waals surface area contributed by atoms with Crippen LogP contribution >= 0.6 is 0 Å². The van der Waals surface area contributed by atoms with E-state index in [1.54, 1.807) is 37.4 Å². The van der Waals surface area contributed by atoms with Crippen molar-refractivity contribution in [1.82, 2.24) is 4.98 Å². The highest BCUT2D eigenvalue weighted by Gasteiger charge is 2.17. The molecule has 0 aliphatic carbocycles. The van der Waals surface area contributed by atoms with E-state index >= 15 is 0 Å². The minimum absolute atomic E-state index is 0.329. The van der Waals surface area contributed by atoms with Gasteiger partial charge in [-0.15, -0.1) is 0 Å². The predicted molar refractivity (Wildman–Crippen MR) is 82.2 cm³/mol. The third kappa shape index (κ3) is 2.34. The molecule has 1 unspecified atom stereocenters. The minimum Gasteiger partial charge on any atom is -0.398 e. The molecule has 3 nitrogen and oxygen atoms in total. The molecule has 0 aliphatic heterocycles. The summed E-state index contributed by atoms with van der Waals surface area (Å²) in [5.41, 5.74) is 9.30. The number of aliphatic hydroxyl groups is 1. The Balaban J connectivity index is 2.43. The first kappa shape index (κ1) is 13.5. The number of halogens is 1. The molecule has 3 N–H and O–H groups in total. The van der Waals surface area contributed by atoms with Crippen LogP contribution in [0.25, 0.3) is 22.0 Å². The average molecular weight is 282 g/mol. The molecule has 0 saturated carbocycles. The molecule has 106 valence electrons. The third-order valence-electron chi connectivity index (χ3n) is 3.52. The van der Waals surface area contributed by atoms with Crippen molar-refractivity contribution in [3.8, 4) is 11.1 Å². The zero-order valence-electron chi connectivity index (χ0n) is 11.5. The highest BCUT2D eigenvalue weighted by Crippen LogP contribution is 2.37. The first-order chi connectivity index (χ1) is 10.1. The van der Waals surface area contributed by atoms with Gasteiger partial charge in [0.05, 0.1) is 11.6 Å². The minimum atomic E-state index is -0.725. The van der Waals surface area contributed by atoms with Crippen LogP contribution in [0.4, 0.5) is 10.1 Å². The second-order valence-corrected chi connectivity index (χ2v) is 5.02. The summed E-state index contributed by atoms with van der Waals surface area (Å²) in [6.07, 6.45) is 0.938. The normalized spacial score (nSPS) is 12.5. The van der Waals surface area contributed by atoms with Gasteiger partial charge in [-0.2, -0.15) is 0 Å². The first-order valence-corrected chi connectivity index (χ1v) is 6.69. The van der Waals surface area contributed by atoms with E-state index in [0.717, 1.165) is 5.39 Å². The second-order valence-electron chi connectivity index (χ2n) is 5.02. The third-order valence-corrected chi connectivity index (χ3v) is 3.52. The number of nitrogens with zero attached hydrogens (tertiary/aromatic N) is 1. The molecule has 1 aromatic heterocycles. The summed E-state index contributed by atoms with van der Waals surface area (Å²) in [5.74, 6) is -0.329. The number of nitrogens with two attached hydrogens (primary N) is 1. The van der Waals surface area contributed by atoms with Gasteiger partial charge in [0.25, 0.3) is 0 Å². The Morgan fingerprint density at radius 2 is 2.00 bits per heavy atom. The largest absolute Gasteiger partial charge is 0.398 e. The lowest BCUT2D eigenvalue weighted by molar-refractivity contribution is 0.200. The van der Waals surface area contributed by atoms with Gasteiger partial charge in [-0.3, -0.25) is 4.98 Å². The fourth-order valence-corrected chi connectivity index (χ4v) is 2.57. The number of rotatable bonds is 2. The summed E-state index contributed by atoms with van der Waals surface area (Å²) < 4.78 is 13.6. The number of hydrogen-bond donors (Lipinski definition) is 2. The Labute approximate surface area is 121 Å². The molecule has 1 atom stereocenters. The summed E-state index contributed by atoms with van der Waals surface area (Å²) in [6.45, 7) is 1.66. The number of hydrogen-bond acceptors (Lipinski definition) is 3. The SMILES string of the molecule is CC(O)c1cc(N)c2cccnc2c1-c1cccc(F)c1. The van der Waals surface area contributed by atoms with E-state index in [1.165, 1.54) is 12.1 Å². The van der Waals surface area contributed by atoms with Crippen molar-refractivity contribution in [3.63, 3.8) is 0 Å². The van der Waals surface area contributed by atoms with Crippen LogP contribution < -0.4 is 5.73 Å². The zero-order valence-corrected chi connectivity index (χ0v) is 11.5. The van der Waals surface area contributed by atoms with Gasteiger partial charge in [0.2, 0.25) is 0 Å². The van der Waals surface area contributed by atoms with Crippen LogP contribution in [0.1, 0.15) is 18.6 Å². The smallest absolute Gasteiger partial charge is 0.123 e. The molecule has 0 radical (unpaired) electrons. The molecule has 2 aromatic carbocycles. The van der Waals surface area contributed by atoms with Crippen LogP contribution in [0, 0.1) is 5.82 Å². The molecule has 3 rings (SSSR count). The summed E-state index contributed by atoms with van der Waals surface area (Å²) in [4.78, 5) is 4.38. The number of aliphatic hydroxyl groups excluding tert-OH is 1. The van der Waals surface area contributed by atoms with Gasteiger partial charge < -0.3 is 10.8 Å². The van der Waals surface area contributed by atoms with Crippen LogP contribution in [0.15, 0.2) is 48.7 Å². The van der Waals surface area contributed by atoms with Gasteiger partial charge >= 0.3 is 0 Å². The maximum atomic E-state index is 13.6. The Morgan fingerprint density at radius 1 is 1.19 bits per heavy atom. The van der Waals surface area contributed by atoms with E-state index in [2.05, 4.69) is 4.98 Å². The van der Waals surface area contributed by atoms with Gasteiger partial charge in [-0.1, -0.05) is 12.1 Å². The molecule has 21 heavy (non-hydrogen) atoms. The van der Waals surface area contributed by atoms with Gasteiger partial charge in [0.1, 0.15) is 5.82 Å². The lowest BCUT2D eigenvalue weighted by Crippen LogP contribution is -2.01. The van der Waals surface area contributed by atoms with Crippen LogP contribution in [0.2, 0.25) is 0 Å². The predicted octanol–water partition coefficient (Wildman–Crippen LogP) is 3.68. The Bertz CT molecular complexity index is 815. The van der Waals surface area contributed by atoms with E-state index < -0.39 is 6.10 Å². The van der Waals surface area contributed by atoms with Gasteiger partial charge in [-0.25, -0.2) is 4.39 Å². The van der Waals surface area contributed by atoms with Crippen LogP contribution in [0.5, 0.6) is 0 Å². The number of fused-ring (bicyclic) bond motifs is 1. The topological polar surface area (TPSA) is 59.1 Å². The van der Waals surface area contributed by atoms with Crippen molar-refractivity contribution in [2.45, 2.75) is 13.0 Å². The number of aromatic nitrogens is 1. The monoisotopic (exact) mass is 282 g/mol. The van der Waals surface area contributed by atoms with Crippen molar-refractivity contribution >= 4 is 16.6 Å². The molecule has 0 bridgehead atoms. The summed E-state index contributed by atoms with van der Waals surface area (Å²) >= 11 is 0. The fraction of sp³-hybridized carbons (Fsp3) is 0.118. The summed E-state index contributed by atoms with van der Waals surface area (Å²) in [7, 11) is 0. The Hall–Kier alpha value is -2.46. The summed E-state index contributed by atoms with van der Waals surface area (Å²) in [5, 5.41) is 10.8. The molecule has 0 saturated heterocycles. The number of benzene rings is 2. The molecule has 0 amide bonds. The van der Waals surface area contributed by atoms with E-state index in [9.17, 15) is 9.50 Å². The quantitative estimate of drug-likeness (QED) is 0.705. The Kier molecular flexibility index (Phi) is 3.31. The van der Waals surface area contributed by atoms with E-state index in [0.29, 0.717) is 27.9 Å². The van der Waals surface area contributed by atoms with Crippen molar-refractivity contribution in [2.24, 2.45) is 0 Å². The number of anilines is 1.